The second kappa shape index (κ2) is 7.42. The van der Waals surface area contributed by atoms with E-state index in [1.54, 1.807) is 24.3 Å². The molecule has 29 heavy (non-hydrogen) atoms. The van der Waals surface area contributed by atoms with E-state index in [4.69, 9.17) is 11.6 Å². The fraction of sp³-hybridized carbons (Fsp3) is 0.455. The Balaban J connectivity index is 1.52. The summed E-state index contributed by atoms with van der Waals surface area (Å²) in [7, 11) is 0. The average molecular weight is 431 g/mol. The maximum atomic E-state index is 13.3. The lowest BCUT2D eigenvalue weighted by Crippen LogP contribution is -2.36. The van der Waals surface area contributed by atoms with Gasteiger partial charge in [-0.2, -0.15) is 0 Å². The number of halogens is 1. The molecule has 3 unspecified atom stereocenters. The van der Waals surface area contributed by atoms with E-state index < -0.39 is 6.23 Å². The summed E-state index contributed by atoms with van der Waals surface area (Å²) in [5.41, 5.74) is 2.25. The minimum Gasteiger partial charge on any atom is -0.373 e. The van der Waals surface area contributed by atoms with E-state index in [-0.39, 0.29) is 23.7 Å². The molecule has 152 valence electrons. The van der Waals surface area contributed by atoms with Gasteiger partial charge < -0.3 is 10.4 Å². The van der Waals surface area contributed by atoms with Gasteiger partial charge >= 0.3 is 0 Å². The predicted molar refractivity (Wildman–Crippen MR) is 115 cm³/mol. The molecule has 1 aromatic carbocycles. The Kier molecular flexibility index (Phi) is 4.88. The van der Waals surface area contributed by atoms with Gasteiger partial charge in [-0.3, -0.25) is 14.5 Å². The molecular formula is C22H23ClN2O3S. The Morgan fingerprint density at radius 2 is 1.90 bits per heavy atom. The summed E-state index contributed by atoms with van der Waals surface area (Å²) >= 11 is 7.45. The van der Waals surface area contributed by atoms with E-state index in [1.165, 1.54) is 16.2 Å². The van der Waals surface area contributed by atoms with Crippen LogP contribution in [0.1, 0.15) is 52.9 Å². The van der Waals surface area contributed by atoms with Gasteiger partial charge in [0.2, 0.25) is 5.91 Å². The molecule has 0 radical (unpaired) electrons. The zero-order valence-electron chi connectivity index (χ0n) is 16.0. The molecule has 0 bridgehead atoms. The van der Waals surface area contributed by atoms with Crippen molar-refractivity contribution in [1.29, 1.82) is 0 Å². The normalized spacial score (nSPS) is 25.8. The predicted octanol–water partition coefficient (Wildman–Crippen LogP) is 4.61. The molecule has 0 spiro atoms. The van der Waals surface area contributed by atoms with Crippen molar-refractivity contribution < 1.29 is 14.7 Å². The number of nitrogens with zero attached hydrogens (tertiary/aromatic N) is 1. The van der Waals surface area contributed by atoms with Crippen LogP contribution in [0.3, 0.4) is 0 Å². The first-order valence-electron chi connectivity index (χ1n) is 10.3. The zero-order chi connectivity index (χ0) is 20.1. The van der Waals surface area contributed by atoms with Gasteiger partial charge in [-0.15, -0.1) is 11.3 Å². The van der Waals surface area contributed by atoms with Crippen LogP contribution in [0.15, 0.2) is 24.3 Å². The Hall–Kier alpha value is -1.89. The standard InChI is InChI=1S/C22H23ClN2O3S/c23-12-8-10-13(11-9-12)24-19(26)18-16-6-3-7-17(16)29-22(18)25-20(27)14-4-1-2-5-15(14)21(25)28/h8-11,14-15,20,27H,1-7H2,(H,24,26). The van der Waals surface area contributed by atoms with Crippen LogP contribution >= 0.6 is 22.9 Å². The quantitative estimate of drug-likeness (QED) is 0.746. The molecule has 2 fully saturated rings. The molecule has 3 aliphatic rings. The number of fused-ring (bicyclic) bond motifs is 2. The molecule has 5 nitrogen and oxygen atoms in total. The van der Waals surface area contributed by atoms with Crippen LogP contribution in [0, 0.1) is 11.8 Å². The maximum absolute atomic E-state index is 13.3. The number of nitrogens with one attached hydrogen (secondary N) is 1. The first-order valence-corrected chi connectivity index (χ1v) is 11.5. The van der Waals surface area contributed by atoms with E-state index in [0.717, 1.165) is 55.4 Å². The minimum atomic E-state index is -0.839. The molecular weight excluding hydrogens is 408 g/mol. The van der Waals surface area contributed by atoms with Crippen LogP contribution in [0.4, 0.5) is 10.7 Å². The number of hydrogen-bond donors (Lipinski definition) is 2. The third-order valence-corrected chi connectivity index (χ3v) is 8.02. The average Bonchev–Trinajstić information content (AvgIpc) is 3.36. The number of carbonyl (C=O) groups is 2. The molecule has 2 aromatic rings. The highest BCUT2D eigenvalue weighted by Gasteiger charge is 2.50. The third-order valence-electron chi connectivity index (χ3n) is 6.47. The number of aryl methyl sites for hydroxylation is 1. The molecule has 7 heteroatoms. The van der Waals surface area contributed by atoms with Gasteiger partial charge in [-0.25, -0.2) is 0 Å². The Labute approximate surface area is 178 Å². The first-order chi connectivity index (χ1) is 14.0. The van der Waals surface area contributed by atoms with Crippen molar-refractivity contribution in [2.24, 2.45) is 11.8 Å². The highest BCUT2D eigenvalue weighted by Crippen LogP contribution is 2.48. The van der Waals surface area contributed by atoms with Crippen LogP contribution < -0.4 is 10.2 Å². The maximum Gasteiger partial charge on any atom is 0.258 e. The first kappa shape index (κ1) is 19.1. The lowest BCUT2D eigenvalue weighted by Gasteiger charge is -2.25. The van der Waals surface area contributed by atoms with Gasteiger partial charge in [0.15, 0.2) is 0 Å². The fourth-order valence-corrected chi connectivity index (χ4v) is 6.61. The fourth-order valence-electron chi connectivity index (χ4n) is 5.06. The molecule has 3 atom stereocenters. The zero-order valence-corrected chi connectivity index (χ0v) is 17.6. The second-order valence-corrected chi connectivity index (χ2v) is 9.70. The van der Waals surface area contributed by atoms with E-state index in [0.29, 0.717) is 21.3 Å². The number of rotatable bonds is 3. The van der Waals surface area contributed by atoms with Crippen LogP contribution in [-0.2, 0) is 17.6 Å². The van der Waals surface area contributed by atoms with Crippen LogP contribution in [-0.4, -0.2) is 23.1 Å². The van der Waals surface area contributed by atoms with Gasteiger partial charge in [0.25, 0.3) is 5.91 Å². The Morgan fingerprint density at radius 3 is 2.66 bits per heavy atom. The summed E-state index contributed by atoms with van der Waals surface area (Å²) in [6.45, 7) is 0. The highest BCUT2D eigenvalue weighted by molar-refractivity contribution is 7.17. The topological polar surface area (TPSA) is 69.6 Å². The summed E-state index contributed by atoms with van der Waals surface area (Å²) in [6, 6.07) is 6.98. The minimum absolute atomic E-state index is 0.0253. The van der Waals surface area contributed by atoms with Crippen molar-refractivity contribution in [3.8, 4) is 0 Å². The molecule has 1 saturated carbocycles. The lowest BCUT2D eigenvalue weighted by atomic mass is 9.81. The highest BCUT2D eigenvalue weighted by atomic mass is 35.5. The van der Waals surface area contributed by atoms with Gasteiger partial charge in [-0.1, -0.05) is 24.4 Å². The lowest BCUT2D eigenvalue weighted by molar-refractivity contribution is -0.121. The molecule has 1 aliphatic heterocycles. The summed E-state index contributed by atoms with van der Waals surface area (Å²) < 4.78 is 0. The number of amides is 2. The molecule has 5 rings (SSSR count). The number of benzene rings is 1. The number of anilines is 2. The molecule has 2 N–H and O–H groups in total. The monoisotopic (exact) mass is 430 g/mol. The molecule has 2 aliphatic carbocycles. The summed E-state index contributed by atoms with van der Waals surface area (Å²) in [4.78, 5) is 29.1. The van der Waals surface area contributed by atoms with Gasteiger partial charge in [-0.05, 0) is 61.9 Å². The molecule has 2 heterocycles. The van der Waals surface area contributed by atoms with Gasteiger partial charge in [0.05, 0.1) is 5.56 Å². The third kappa shape index (κ3) is 3.18. The molecule has 2 amide bonds. The smallest absolute Gasteiger partial charge is 0.258 e. The summed E-state index contributed by atoms with van der Waals surface area (Å²) in [5.74, 6) is -0.400. The Bertz CT molecular complexity index is 971. The molecule has 1 saturated heterocycles. The Morgan fingerprint density at radius 1 is 1.14 bits per heavy atom. The van der Waals surface area contributed by atoms with E-state index in [2.05, 4.69) is 5.32 Å². The van der Waals surface area contributed by atoms with Gasteiger partial charge in [0.1, 0.15) is 11.2 Å². The second-order valence-electron chi connectivity index (χ2n) is 8.18. The largest absolute Gasteiger partial charge is 0.373 e. The summed E-state index contributed by atoms with van der Waals surface area (Å²) in [5, 5.41) is 15.2. The van der Waals surface area contributed by atoms with Crippen molar-refractivity contribution in [3.63, 3.8) is 0 Å². The van der Waals surface area contributed by atoms with Crippen molar-refractivity contribution in [1.82, 2.24) is 0 Å². The van der Waals surface area contributed by atoms with Crippen LogP contribution in [0.25, 0.3) is 0 Å². The van der Waals surface area contributed by atoms with Gasteiger partial charge in [0, 0.05) is 27.4 Å². The van der Waals surface area contributed by atoms with Crippen LogP contribution in [0.5, 0.6) is 0 Å². The van der Waals surface area contributed by atoms with E-state index >= 15 is 0 Å². The van der Waals surface area contributed by atoms with Crippen molar-refractivity contribution in [3.05, 3.63) is 45.3 Å². The summed E-state index contributed by atoms with van der Waals surface area (Å²) in [6.07, 6.45) is 5.70. The number of aliphatic hydroxyl groups excluding tert-OH is 1. The van der Waals surface area contributed by atoms with Crippen molar-refractivity contribution >= 4 is 45.4 Å². The number of aliphatic hydroxyl groups is 1. The number of hydrogen-bond acceptors (Lipinski definition) is 4. The van der Waals surface area contributed by atoms with E-state index in [9.17, 15) is 14.7 Å². The van der Waals surface area contributed by atoms with Crippen molar-refractivity contribution in [2.75, 3.05) is 10.2 Å². The molecule has 1 aromatic heterocycles. The number of thiophene rings is 1. The van der Waals surface area contributed by atoms with E-state index in [1.807, 2.05) is 0 Å². The van der Waals surface area contributed by atoms with Crippen LogP contribution in [0.2, 0.25) is 5.02 Å². The van der Waals surface area contributed by atoms with Crippen molar-refractivity contribution in [2.45, 2.75) is 51.2 Å². The number of carbonyl (C=O) groups excluding carboxylic acids is 2. The SMILES string of the molecule is O=C(Nc1ccc(Cl)cc1)c1c(N2C(=O)C3CCCCC3C2O)sc2c1CCC2.